The summed E-state index contributed by atoms with van der Waals surface area (Å²) in [6, 6.07) is 6.06. The fraction of sp³-hybridized carbons (Fsp3) is 0.375. The first-order valence-electron chi connectivity index (χ1n) is 7.62. The zero-order valence-electron chi connectivity index (χ0n) is 12.9. The summed E-state index contributed by atoms with van der Waals surface area (Å²) >= 11 is 0. The fourth-order valence-electron chi connectivity index (χ4n) is 2.90. The summed E-state index contributed by atoms with van der Waals surface area (Å²) in [7, 11) is -3.06. The molecule has 3 rings (SSSR count). The third-order valence-corrected chi connectivity index (χ3v) is 5.96. The topological polar surface area (TPSA) is 91.4 Å². The van der Waals surface area contributed by atoms with E-state index in [-0.39, 0.29) is 17.4 Å². The van der Waals surface area contributed by atoms with E-state index in [1.807, 2.05) is 18.3 Å². The van der Waals surface area contributed by atoms with Crippen LogP contribution in [0.5, 0.6) is 0 Å². The Morgan fingerprint density at radius 1 is 1.48 bits per heavy atom. The van der Waals surface area contributed by atoms with E-state index < -0.39 is 15.8 Å². The molecule has 1 aromatic carbocycles. The third kappa shape index (κ3) is 3.29. The monoisotopic (exact) mass is 333 g/mol. The average Bonchev–Trinajstić information content (AvgIpc) is 3.10. The first kappa shape index (κ1) is 15.7. The number of hydrazone groups is 1. The van der Waals surface area contributed by atoms with Crippen molar-refractivity contribution >= 4 is 32.9 Å². The number of H-pyrrole nitrogens is 1. The molecule has 1 aliphatic rings. The third-order valence-electron chi connectivity index (χ3n) is 4.20. The Morgan fingerprint density at radius 3 is 3.00 bits per heavy atom. The Bertz CT molecular complexity index is 868. The minimum Gasteiger partial charge on any atom is -0.360 e. The number of sulfone groups is 1. The van der Waals surface area contributed by atoms with Crippen LogP contribution in [0.25, 0.3) is 10.9 Å². The fourth-order valence-corrected chi connectivity index (χ4v) is 4.64. The molecule has 1 aromatic heterocycles. The highest BCUT2D eigenvalue weighted by Gasteiger charge is 2.32. The van der Waals surface area contributed by atoms with Gasteiger partial charge in [-0.25, -0.2) is 13.8 Å². The average molecular weight is 333 g/mol. The quantitative estimate of drug-likeness (QED) is 0.658. The molecule has 6 nitrogen and oxygen atoms in total. The Kier molecular flexibility index (Phi) is 4.21. The van der Waals surface area contributed by atoms with Crippen LogP contribution in [0.2, 0.25) is 0 Å². The molecule has 0 aliphatic carbocycles. The lowest BCUT2D eigenvalue weighted by Gasteiger charge is -2.04. The van der Waals surface area contributed by atoms with Gasteiger partial charge in [0.25, 0.3) is 0 Å². The summed E-state index contributed by atoms with van der Waals surface area (Å²) in [4.78, 5) is 15.2. The van der Waals surface area contributed by atoms with Crippen LogP contribution in [0.15, 0.2) is 29.5 Å². The van der Waals surface area contributed by atoms with Gasteiger partial charge in [0, 0.05) is 22.7 Å². The van der Waals surface area contributed by atoms with Crippen molar-refractivity contribution < 1.29 is 13.2 Å². The minimum absolute atomic E-state index is 0.0804. The van der Waals surface area contributed by atoms with Gasteiger partial charge in [0.1, 0.15) is 0 Å². The number of carbonyl (C=O) groups is 1. The molecule has 1 aliphatic heterocycles. The van der Waals surface area contributed by atoms with E-state index in [2.05, 4.69) is 28.5 Å². The van der Waals surface area contributed by atoms with E-state index in [1.54, 1.807) is 6.21 Å². The zero-order chi connectivity index (χ0) is 16.4. The van der Waals surface area contributed by atoms with Crippen LogP contribution in [0.1, 0.15) is 24.5 Å². The van der Waals surface area contributed by atoms with Crippen LogP contribution in [-0.4, -0.2) is 37.0 Å². The van der Waals surface area contributed by atoms with Crippen LogP contribution < -0.4 is 5.43 Å². The number of aromatic amines is 1. The molecule has 2 heterocycles. The van der Waals surface area contributed by atoms with Gasteiger partial charge in [0.05, 0.1) is 23.6 Å². The number of carbonyl (C=O) groups excluding carboxylic acids is 1. The minimum atomic E-state index is -3.06. The highest BCUT2D eigenvalue weighted by molar-refractivity contribution is 7.91. The van der Waals surface area contributed by atoms with E-state index in [4.69, 9.17) is 0 Å². The van der Waals surface area contributed by atoms with Gasteiger partial charge < -0.3 is 4.98 Å². The number of aryl methyl sites for hydroxylation is 1. The van der Waals surface area contributed by atoms with Gasteiger partial charge in [-0.15, -0.1) is 0 Å². The molecule has 7 heteroatoms. The normalized spacial score (nSPS) is 20.3. The molecule has 2 aromatic rings. The summed E-state index contributed by atoms with van der Waals surface area (Å²) in [6.07, 6.45) is 4.73. The van der Waals surface area contributed by atoms with E-state index in [1.165, 1.54) is 5.56 Å². The number of hydrogen-bond acceptors (Lipinski definition) is 4. The lowest BCUT2D eigenvalue weighted by molar-refractivity contribution is -0.124. The van der Waals surface area contributed by atoms with Crippen LogP contribution in [-0.2, 0) is 21.1 Å². The van der Waals surface area contributed by atoms with Crippen LogP contribution in [0.3, 0.4) is 0 Å². The van der Waals surface area contributed by atoms with Crippen LogP contribution in [0.4, 0.5) is 0 Å². The van der Waals surface area contributed by atoms with Crippen molar-refractivity contribution in [2.45, 2.75) is 19.8 Å². The van der Waals surface area contributed by atoms with Crippen molar-refractivity contribution in [2.24, 2.45) is 11.0 Å². The van der Waals surface area contributed by atoms with Crippen molar-refractivity contribution in [3.63, 3.8) is 0 Å². The lowest BCUT2D eigenvalue weighted by atomic mass is 10.1. The Morgan fingerprint density at radius 2 is 2.30 bits per heavy atom. The van der Waals surface area contributed by atoms with Crippen molar-refractivity contribution in [3.05, 3.63) is 35.5 Å². The first-order valence-corrected chi connectivity index (χ1v) is 9.44. The van der Waals surface area contributed by atoms with E-state index in [0.29, 0.717) is 6.42 Å². The summed E-state index contributed by atoms with van der Waals surface area (Å²) in [5, 5.41) is 5.02. The summed E-state index contributed by atoms with van der Waals surface area (Å²) in [6.45, 7) is 2.10. The van der Waals surface area contributed by atoms with E-state index in [9.17, 15) is 13.2 Å². The maximum Gasteiger partial charge on any atom is 0.244 e. The molecular formula is C16H19N3O3S. The SMILES string of the molecule is CCc1cccc2c(/C=N/NC(=O)[C@@H]3CCS(=O)(=O)C3)c[nH]c12. The molecule has 0 spiro atoms. The number of fused-ring (bicyclic) bond motifs is 1. The van der Waals surface area contributed by atoms with Gasteiger partial charge in [-0.1, -0.05) is 25.1 Å². The molecule has 2 N–H and O–H groups in total. The maximum atomic E-state index is 11.9. The van der Waals surface area contributed by atoms with Gasteiger partial charge in [-0.2, -0.15) is 5.10 Å². The lowest BCUT2D eigenvalue weighted by Crippen LogP contribution is -2.27. The first-order chi connectivity index (χ1) is 11.0. The second kappa shape index (κ2) is 6.16. The molecule has 1 fully saturated rings. The highest BCUT2D eigenvalue weighted by Crippen LogP contribution is 2.21. The van der Waals surface area contributed by atoms with E-state index in [0.717, 1.165) is 22.9 Å². The molecule has 0 radical (unpaired) electrons. The Balaban J connectivity index is 1.70. The predicted molar refractivity (Wildman–Crippen MR) is 90.2 cm³/mol. The summed E-state index contributed by atoms with van der Waals surface area (Å²) in [5.74, 6) is -0.832. The summed E-state index contributed by atoms with van der Waals surface area (Å²) < 4.78 is 22.8. The van der Waals surface area contributed by atoms with Gasteiger partial charge in [-0.3, -0.25) is 4.79 Å². The second-order valence-electron chi connectivity index (χ2n) is 5.77. The van der Waals surface area contributed by atoms with Gasteiger partial charge >= 0.3 is 0 Å². The van der Waals surface area contributed by atoms with Crippen molar-refractivity contribution in [2.75, 3.05) is 11.5 Å². The van der Waals surface area contributed by atoms with Gasteiger partial charge in [0.2, 0.25) is 5.91 Å². The molecular weight excluding hydrogens is 314 g/mol. The standard InChI is InChI=1S/C16H19N3O3S/c1-2-11-4-3-5-14-13(8-17-15(11)14)9-18-19-16(20)12-6-7-23(21,22)10-12/h3-5,8-9,12,17H,2,6-7,10H2,1H3,(H,19,20)/b18-9+/t12-/m1/s1. The number of para-hydroxylation sites is 1. The molecule has 0 unspecified atom stereocenters. The molecule has 23 heavy (non-hydrogen) atoms. The van der Waals surface area contributed by atoms with Crippen molar-refractivity contribution in [3.8, 4) is 0 Å². The van der Waals surface area contributed by atoms with Crippen molar-refractivity contribution in [1.82, 2.24) is 10.4 Å². The molecule has 1 atom stereocenters. The Hall–Kier alpha value is -2.15. The molecule has 122 valence electrons. The number of rotatable bonds is 4. The van der Waals surface area contributed by atoms with Crippen LogP contribution >= 0.6 is 0 Å². The number of amides is 1. The number of aromatic nitrogens is 1. The Labute approximate surface area is 134 Å². The number of hydrogen-bond donors (Lipinski definition) is 2. The highest BCUT2D eigenvalue weighted by atomic mass is 32.2. The van der Waals surface area contributed by atoms with Gasteiger partial charge in [-0.05, 0) is 18.4 Å². The molecule has 0 saturated carbocycles. The second-order valence-corrected chi connectivity index (χ2v) is 8.00. The predicted octanol–water partition coefficient (Wildman–Crippen LogP) is 1.62. The molecule has 1 saturated heterocycles. The molecule has 1 amide bonds. The molecule has 0 bridgehead atoms. The zero-order valence-corrected chi connectivity index (χ0v) is 13.7. The largest absolute Gasteiger partial charge is 0.360 e. The number of nitrogens with zero attached hydrogens (tertiary/aromatic N) is 1. The number of benzene rings is 1. The smallest absolute Gasteiger partial charge is 0.244 e. The van der Waals surface area contributed by atoms with E-state index >= 15 is 0 Å². The number of nitrogens with one attached hydrogen (secondary N) is 2. The van der Waals surface area contributed by atoms with Gasteiger partial charge in [0.15, 0.2) is 9.84 Å². The van der Waals surface area contributed by atoms with Crippen LogP contribution in [0, 0.1) is 5.92 Å². The van der Waals surface area contributed by atoms with Crippen molar-refractivity contribution in [1.29, 1.82) is 0 Å². The maximum absolute atomic E-state index is 11.9. The summed E-state index contributed by atoms with van der Waals surface area (Å²) in [5.41, 5.74) is 5.63.